The number of hydrogen-bond donors (Lipinski definition) is 1. The number of rotatable bonds is 7. The number of methoxy groups -OCH3 is 2. The molecule has 2 atom stereocenters. The van der Waals surface area contributed by atoms with Gasteiger partial charge in [-0.2, -0.15) is 0 Å². The lowest BCUT2D eigenvalue weighted by Gasteiger charge is -2.20. The summed E-state index contributed by atoms with van der Waals surface area (Å²) in [7, 11) is 2.75. The highest BCUT2D eigenvalue weighted by Crippen LogP contribution is 2.17. The van der Waals surface area contributed by atoms with Gasteiger partial charge in [-0.3, -0.25) is 9.78 Å². The van der Waals surface area contributed by atoms with Crippen molar-refractivity contribution >= 4 is 22.8 Å². The summed E-state index contributed by atoms with van der Waals surface area (Å²) < 4.78 is 10.2. The lowest BCUT2D eigenvalue weighted by atomic mass is 10.1. The molecule has 0 aliphatic rings. The molecule has 144 valence electrons. The molecule has 0 radical (unpaired) electrons. The van der Waals surface area contributed by atoms with Crippen molar-refractivity contribution in [1.82, 2.24) is 10.3 Å². The molecule has 0 aliphatic carbocycles. The summed E-state index contributed by atoms with van der Waals surface area (Å²) in [5, 5.41) is 3.74. The van der Waals surface area contributed by atoms with Crippen LogP contribution in [0.25, 0.3) is 10.9 Å². The summed E-state index contributed by atoms with van der Waals surface area (Å²) in [5.41, 5.74) is 2.21. The molecule has 0 aliphatic heterocycles. The van der Waals surface area contributed by atoms with E-state index >= 15 is 0 Å². The van der Waals surface area contributed by atoms with Gasteiger partial charge < -0.3 is 14.8 Å². The molecule has 0 bridgehead atoms. The molecule has 1 amide bonds. The number of aromatic nitrogens is 1. The molecule has 0 saturated carbocycles. The molecule has 6 heteroatoms. The van der Waals surface area contributed by atoms with Gasteiger partial charge in [-0.05, 0) is 17.7 Å². The Morgan fingerprint density at radius 1 is 0.964 bits per heavy atom. The van der Waals surface area contributed by atoms with Gasteiger partial charge >= 0.3 is 5.97 Å². The van der Waals surface area contributed by atoms with Gasteiger partial charge in [0.2, 0.25) is 0 Å². The summed E-state index contributed by atoms with van der Waals surface area (Å²) >= 11 is 0. The molecular weight excluding hydrogens is 356 g/mol. The molecule has 1 aromatic heterocycles. The van der Waals surface area contributed by atoms with Crippen LogP contribution in [0.15, 0.2) is 66.7 Å². The third-order valence-corrected chi connectivity index (χ3v) is 4.45. The van der Waals surface area contributed by atoms with Gasteiger partial charge in [0, 0.05) is 24.6 Å². The van der Waals surface area contributed by atoms with Crippen molar-refractivity contribution in [2.24, 2.45) is 0 Å². The lowest BCUT2D eigenvalue weighted by Crippen LogP contribution is -2.45. The van der Waals surface area contributed by atoms with Crippen molar-refractivity contribution in [2.75, 3.05) is 14.2 Å². The van der Waals surface area contributed by atoms with Gasteiger partial charge in [0.15, 0.2) is 6.10 Å². The quantitative estimate of drug-likeness (QED) is 0.640. The van der Waals surface area contributed by atoms with Crippen LogP contribution in [0.5, 0.6) is 0 Å². The number of carbonyl (C=O) groups excluding carboxylic acids is 2. The maximum absolute atomic E-state index is 12.7. The van der Waals surface area contributed by atoms with E-state index in [4.69, 9.17) is 9.47 Å². The Hall–Kier alpha value is -3.25. The van der Waals surface area contributed by atoms with Crippen LogP contribution in [0.1, 0.15) is 17.4 Å². The van der Waals surface area contributed by atoms with Crippen molar-refractivity contribution in [3.05, 3.63) is 78.0 Å². The Morgan fingerprint density at radius 3 is 2.39 bits per heavy atom. The smallest absolute Gasteiger partial charge is 0.328 e. The maximum Gasteiger partial charge on any atom is 0.328 e. The molecule has 0 unspecified atom stereocenters. The van der Waals surface area contributed by atoms with Gasteiger partial charge in [-0.1, -0.05) is 54.6 Å². The zero-order valence-corrected chi connectivity index (χ0v) is 15.8. The first kappa shape index (κ1) is 19.5. The fourth-order valence-corrected chi connectivity index (χ4v) is 3.04. The highest BCUT2D eigenvalue weighted by atomic mass is 16.5. The zero-order chi connectivity index (χ0) is 19.9. The summed E-state index contributed by atoms with van der Waals surface area (Å²) in [6.45, 7) is 0. The third kappa shape index (κ3) is 4.53. The van der Waals surface area contributed by atoms with Gasteiger partial charge in [0.05, 0.1) is 12.6 Å². The van der Waals surface area contributed by atoms with E-state index in [0.717, 1.165) is 10.9 Å². The Labute approximate surface area is 163 Å². The molecule has 3 rings (SSSR count). The molecule has 3 aromatic rings. The predicted octanol–water partition coefficient (Wildman–Crippen LogP) is 2.82. The normalized spacial score (nSPS) is 12.9. The number of benzene rings is 2. The monoisotopic (exact) mass is 378 g/mol. The molecule has 0 saturated heterocycles. The highest BCUT2D eigenvalue weighted by molar-refractivity contribution is 5.88. The van der Waals surface area contributed by atoms with Crippen LogP contribution in [-0.2, 0) is 25.5 Å². The molecular formula is C22H22N2O4. The zero-order valence-electron chi connectivity index (χ0n) is 15.8. The standard InChI is InChI=1S/C22H22N2O4/c1-27-20(16-9-4-3-5-10-16)21(25)24-19(22(26)28-2)14-17-13-12-15-8-6-7-11-18(15)23-17/h3-13,19-20H,14H2,1-2H3,(H,24,25)/t19-,20-/m0/s1. The van der Waals surface area contributed by atoms with Crippen LogP contribution in [0.4, 0.5) is 0 Å². The number of nitrogens with zero attached hydrogens (tertiary/aromatic N) is 1. The van der Waals surface area contributed by atoms with Crippen molar-refractivity contribution in [2.45, 2.75) is 18.6 Å². The molecule has 1 N–H and O–H groups in total. The Kier molecular flexibility index (Phi) is 6.34. The average molecular weight is 378 g/mol. The van der Waals surface area contributed by atoms with E-state index in [9.17, 15) is 9.59 Å². The topological polar surface area (TPSA) is 77.5 Å². The number of carbonyl (C=O) groups is 2. The lowest BCUT2D eigenvalue weighted by molar-refractivity contribution is -0.146. The summed E-state index contributed by atoms with van der Waals surface area (Å²) in [6, 6.07) is 19.7. The minimum atomic E-state index is -0.868. The number of hydrogen-bond acceptors (Lipinski definition) is 5. The number of para-hydroxylation sites is 1. The predicted molar refractivity (Wildman–Crippen MR) is 106 cm³/mol. The van der Waals surface area contributed by atoms with Crippen LogP contribution in [0.3, 0.4) is 0 Å². The SMILES string of the molecule is COC(=O)[C@H](Cc1ccc2ccccc2n1)NC(=O)[C@@H](OC)c1ccccc1. The highest BCUT2D eigenvalue weighted by Gasteiger charge is 2.27. The molecule has 1 heterocycles. The van der Waals surface area contributed by atoms with E-state index in [1.807, 2.05) is 54.6 Å². The van der Waals surface area contributed by atoms with Gasteiger partial charge in [0.25, 0.3) is 5.91 Å². The van der Waals surface area contributed by atoms with Crippen LogP contribution in [0, 0.1) is 0 Å². The number of ether oxygens (including phenoxy) is 2. The number of esters is 1. The fraction of sp³-hybridized carbons (Fsp3) is 0.227. The van der Waals surface area contributed by atoms with E-state index in [1.54, 1.807) is 12.1 Å². The van der Waals surface area contributed by atoms with Crippen molar-refractivity contribution in [1.29, 1.82) is 0 Å². The summed E-state index contributed by atoms with van der Waals surface area (Å²) in [6.07, 6.45) is -0.605. The molecule has 2 aromatic carbocycles. The molecule has 28 heavy (non-hydrogen) atoms. The Morgan fingerprint density at radius 2 is 1.68 bits per heavy atom. The van der Waals surface area contributed by atoms with Crippen LogP contribution in [0.2, 0.25) is 0 Å². The first-order valence-corrected chi connectivity index (χ1v) is 8.93. The molecule has 0 fully saturated rings. The second-order valence-electron chi connectivity index (χ2n) is 6.31. The third-order valence-electron chi connectivity index (χ3n) is 4.45. The molecule has 6 nitrogen and oxygen atoms in total. The van der Waals surface area contributed by atoms with Crippen molar-refractivity contribution in [3.8, 4) is 0 Å². The van der Waals surface area contributed by atoms with Gasteiger partial charge in [-0.15, -0.1) is 0 Å². The number of fused-ring (bicyclic) bond motifs is 1. The van der Waals surface area contributed by atoms with E-state index in [2.05, 4.69) is 10.3 Å². The minimum absolute atomic E-state index is 0.217. The summed E-state index contributed by atoms with van der Waals surface area (Å²) in [5.74, 6) is -0.948. The van der Waals surface area contributed by atoms with Crippen LogP contribution in [-0.4, -0.2) is 37.1 Å². The largest absolute Gasteiger partial charge is 0.467 e. The van der Waals surface area contributed by atoms with E-state index in [1.165, 1.54) is 14.2 Å². The first-order valence-electron chi connectivity index (χ1n) is 8.93. The fourth-order valence-electron chi connectivity index (χ4n) is 3.04. The van der Waals surface area contributed by atoms with Crippen molar-refractivity contribution < 1.29 is 19.1 Å². The van der Waals surface area contributed by atoms with E-state index in [0.29, 0.717) is 11.3 Å². The maximum atomic E-state index is 12.7. The Balaban J connectivity index is 1.79. The number of amides is 1. The Bertz CT molecular complexity index is 959. The summed E-state index contributed by atoms with van der Waals surface area (Å²) in [4.78, 5) is 29.6. The van der Waals surface area contributed by atoms with Crippen LogP contribution < -0.4 is 5.32 Å². The van der Waals surface area contributed by atoms with Crippen LogP contribution >= 0.6 is 0 Å². The van der Waals surface area contributed by atoms with Gasteiger partial charge in [0.1, 0.15) is 6.04 Å². The first-order chi connectivity index (χ1) is 13.6. The second kappa shape index (κ2) is 9.10. The average Bonchev–Trinajstić information content (AvgIpc) is 2.74. The second-order valence-corrected chi connectivity index (χ2v) is 6.31. The minimum Gasteiger partial charge on any atom is -0.467 e. The number of pyridine rings is 1. The van der Waals surface area contributed by atoms with Gasteiger partial charge in [-0.25, -0.2) is 4.79 Å². The van der Waals surface area contributed by atoms with Crippen molar-refractivity contribution in [3.63, 3.8) is 0 Å². The van der Waals surface area contributed by atoms with E-state index in [-0.39, 0.29) is 6.42 Å². The number of nitrogens with one attached hydrogen (secondary N) is 1. The molecule has 0 spiro atoms. The van der Waals surface area contributed by atoms with E-state index < -0.39 is 24.0 Å².